The monoisotopic (exact) mass is 439 g/mol. The van der Waals surface area contributed by atoms with Crippen molar-refractivity contribution >= 4 is 33.3 Å². The number of hydrogen-bond donors (Lipinski definition) is 1. The van der Waals surface area contributed by atoms with Crippen LogP contribution in [0.2, 0.25) is 0 Å². The average Bonchev–Trinajstić information content (AvgIpc) is 3.11. The minimum absolute atomic E-state index is 0.131. The molecule has 3 aromatic rings. The molecule has 6 nitrogen and oxygen atoms in total. The maximum Gasteiger partial charge on any atom is 0.349 e. The van der Waals surface area contributed by atoms with Crippen LogP contribution in [-0.2, 0) is 4.79 Å². The van der Waals surface area contributed by atoms with Gasteiger partial charge in [-0.3, -0.25) is 4.79 Å². The van der Waals surface area contributed by atoms with Gasteiger partial charge in [0.1, 0.15) is 11.5 Å². The van der Waals surface area contributed by atoms with Crippen LogP contribution in [0.5, 0.6) is 17.2 Å². The first-order chi connectivity index (χ1) is 14.9. The van der Waals surface area contributed by atoms with E-state index in [0.717, 1.165) is 41.6 Å². The molecule has 0 radical (unpaired) electrons. The number of amides is 1. The molecule has 1 aliphatic heterocycles. The van der Waals surface area contributed by atoms with Crippen molar-refractivity contribution in [2.75, 3.05) is 20.2 Å². The Balaban J connectivity index is 1.58. The molecule has 2 aromatic carbocycles. The molecule has 1 saturated heterocycles. The van der Waals surface area contributed by atoms with Crippen molar-refractivity contribution in [1.82, 2.24) is 4.90 Å². The zero-order chi connectivity index (χ0) is 22.1. The Morgan fingerprint density at radius 3 is 2.39 bits per heavy atom. The number of piperidine rings is 1. The standard InChI is InChI=1S/C24H25NO5S/c1-14-12-21-19(13-20(14)29-3)22(23(31-21)24(27)28)30-18-6-4-16(5-7-18)17-8-10-25(11-9-17)15(2)26/h4-7,12-13,17H,8-11H2,1-3H3,(H,27,28). The van der Waals surface area contributed by atoms with Gasteiger partial charge in [-0.15, -0.1) is 11.3 Å². The number of carboxylic acids is 1. The van der Waals surface area contributed by atoms with Crippen molar-refractivity contribution in [3.63, 3.8) is 0 Å². The van der Waals surface area contributed by atoms with Gasteiger partial charge in [0.15, 0.2) is 10.6 Å². The molecule has 2 heterocycles. The number of methoxy groups -OCH3 is 1. The second kappa shape index (κ2) is 8.59. The van der Waals surface area contributed by atoms with Crippen LogP contribution >= 0.6 is 11.3 Å². The highest BCUT2D eigenvalue weighted by Gasteiger charge is 2.23. The number of rotatable bonds is 5. The number of hydrogen-bond acceptors (Lipinski definition) is 5. The third kappa shape index (κ3) is 4.23. The molecule has 0 saturated carbocycles. The van der Waals surface area contributed by atoms with Gasteiger partial charge in [-0.05, 0) is 61.1 Å². The third-order valence-corrected chi connectivity index (χ3v) is 6.99. The van der Waals surface area contributed by atoms with E-state index in [4.69, 9.17) is 9.47 Å². The van der Waals surface area contributed by atoms with Crippen LogP contribution in [-0.4, -0.2) is 42.1 Å². The number of aryl methyl sites for hydroxylation is 1. The van der Waals surface area contributed by atoms with E-state index in [1.807, 2.05) is 48.2 Å². The largest absolute Gasteiger partial charge is 0.496 e. The molecule has 4 rings (SSSR count). The Morgan fingerprint density at radius 2 is 1.81 bits per heavy atom. The number of ether oxygens (including phenoxy) is 2. The predicted octanol–water partition coefficient (Wildman–Crippen LogP) is 5.43. The summed E-state index contributed by atoms with van der Waals surface area (Å²) < 4.78 is 12.3. The Morgan fingerprint density at radius 1 is 1.13 bits per heavy atom. The normalized spacial score (nSPS) is 14.6. The van der Waals surface area contributed by atoms with Gasteiger partial charge in [0.05, 0.1) is 7.11 Å². The van der Waals surface area contributed by atoms with Gasteiger partial charge < -0.3 is 19.5 Å². The molecule has 162 valence electrons. The van der Waals surface area contributed by atoms with E-state index in [1.54, 1.807) is 14.0 Å². The highest BCUT2D eigenvalue weighted by molar-refractivity contribution is 7.21. The van der Waals surface area contributed by atoms with Crippen LogP contribution in [0.15, 0.2) is 36.4 Å². The van der Waals surface area contributed by atoms with Gasteiger partial charge in [-0.1, -0.05) is 12.1 Å². The van der Waals surface area contributed by atoms with Crippen molar-refractivity contribution in [3.8, 4) is 17.2 Å². The van der Waals surface area contributed by atoms with Gasteiger partial charge in [-0.25, -0.2) is 4.79 Å². The zero-order valence-corrected chi connectivity index (χ0v) is 18.6. The number of likely N-dealkylation sites (tertiary alicyclic amines) is 1. The van der Waals surface area contributed by atoms with Crippen molar-refractivity contribution < 1.29 is 24.2 Å². The number of benzene rings is 2. The van der Waals surface area contributed by atoms with Crippen LogP contribution in [0.4, 0.5) is 0 Å². The van der Waals surface area contributed by atoms with Crippen LogP contribution < -0.4 is 9.47 Å². The summed E-state index contributed by atoms with van der Waals surface area (Å²) in [7, 11) is 1.60. The fourth-order valence-electron chi connectivity index (χ4n) is 4.12. The lowest BCUT2D eigenvalue weighted by Gasteiger charge is -2.31. The van der Waals surface area contributed by atoms with E-state index < -0.39 is 5.97 Å². The molecule has 0 unspecified atom stereocenters. The van der Waals surface area contributed by atoms with Crippen LogP contribution in [0.3, 0.4) is 0 Å². The first-order valence-corrected chi connectivity index (χ1v) is 11.1. The second-order valence-electron chi connectivity index (χ2n) is 7.83. The number of carboxylic acid groups (broad SMARTS) is 1. The van der Waals surface area contributed by atoms with E-state index in [9.17, 15) is 14.7 Å². The summed E-state index contributed by atoms with van der Waals surface area (Å²) in [6, 6.07) is 11.6. The molecule has 1 aliphatic rings. The summed E-state index contributed by atoms with van der Waals surface area (Å²) in [4.78, 5) is 25.4. The molecular weight excluding hydrogens is 414 g/mol. The molecule has 1 N–H and O–H groups in total. The van der Waals surface area contributed by atoms with Crippen LogP contribution in [0.1, 0.15) is 46.5 Å². The van der Waals surface area contributed by atoms with E-state index in [0.29, 0.717) is 23.2 Å². The van der Waals surface area contributed by atoms with Crippen molar-refractivity contribution in [3.05, 3.63) is 52.4 Å². The molecule has 1 fully saturated rings. The van der Waals surface area contributed by atoms with Gasteiger partial charge in [0.2, 0.25) is 5.91 Å². The van der Waals surface area contributed by atoms with Gasteiger partial charge in [0, 0.05) is 30.1 Å². The lowest BCUT2D eigenvalue weighted by Crippen LogP contribution is -2.36. The zero-order valence-electron chi connectivity index (χ0n) is 17.8. The molecule has 1 amide bonds. The summed E-state index contributed by atoms with van der Waals surface area (Å²) in [5.41, 5.74) is 2.15. The lowest BCUT2D eigenvalue weighted by molar-refractivity contribution is -0.129. The van der Waals surface area contributed by atoms with Gasteiger partial charge in [-0.2, -0.15) is 0 Å². The molecule has 1 aromatic heterocycles. The van der Waals surface area contributed by atoms with Crippen molar-refractivity contribution in [1.29, 1.82) is 0 Å². The number of thiophene rings is 1. The fraction of sp³-hybridized carbons (Fsp3) is 0.333. The summed E-state index contributed by atoms with van der Waals surface area (Å²) >= 11 is 1.20. The van der Waals surface area contributed by atoms with E-state index >= 15 is 0 Å². The second-order valence-corrected chi connectivity index (χ2v) is 8.89. The van der Waals surface area contributed by atoms with Crippen molar-refractivity contribution in [2.45, 2.75) is 32.6 Å². The minimum Gasteiger partial charge on any atom is -0.496 e. The predicted molar refractivity (Wildman–Crippen MR) is 121 cm³/mol. The maximum atomic E-state index is 11.8. The van der Waals surface area contributed by atoms with E-state index in [2.05, 4.69) is 0 Å². The Labute approximate surface area is 185 Å². The highest BCUT2D eigenvalue weighted by atomic mass is 32.1. The highest BCUT2D eigenvalue weighted by Crippen LogP contribution is 2.43. The average molecular weight is 440 g/mol. The van der Waals surface area contributed by atoms with Crippen LogP contribution in [0, 0.1) is 6.92 Å². The topological polar surface area (TPSA) is 76.1 Å². The Bertz CT molecular complexity index is 1130. The fourth-order valence-corrected chi connectivity index (χ4v) is 5.17. The molecule has 0 atom stereocenters. The SMILES string of the molecule is COc1cc2c(Oc3ccc(C4CCN(C(C)=O)CC4)cc3)c(C(=O)O)sc2cc1C. The minimum atomic E-state index is -1.01. The summed E-state index contributed by atoms with van der Waals surface area (Å²) in [5.74, 6) is 1.15. The van der Waals surface area contributed by atoms with Crippen molar-refractivity contribution in [2.24, 2.45) is 0 Å². The molecular formula is C24H25NO5S. The first kappa shape index (κ1) is 21.2. The smallest absolute Gasteiger partial charge is 0.349 e. The summed E-state index contributed by atoms with van der Waals surface area (Å²) in [6.45, 7) is 5.10. The first-order valence-electron chi connectivity index (χ1n) is 10.2. The number of fused-ring (bicyclic) bond motifs is 1. The molecule has 7 heteroatoms. The lowest BCUT2D eigenvalue weighted by atomic mass is 9.89. The maximum absolute atomic E-state index is 11.8. The Kier molecular flexibility index (Phi) is 5.87. The number of aromatic carboxylic acids is 1. The van der Waals surface area contributed by atoms with E-state index in [-0.39, 0.29) is 10.8 Å². The number of carbonyl (C=O) groups is 2. The number of nitrogens with zero attached hydrogens (tertiary/aromatic N) is 1. The number of carbonyl (C=O) groups excluding carboxylic acids is 1. The third-order valence-electron chi connectivity index (χ3n) is 5.87. The van der Waals surface area contributed by atoms with E-state index in [1.165, 1.54) is 16.9 Å². The molecule has 0 spiro atoms. The molecule has 31 heavy (non-hydrogen) atoms. The van der Waals surface area contributed by atoms with Gasteiger partial charge in [0.25, 0.3) is 0 Å². The molecule has 0 aliphatic carbocycles. The summed E-state index contributed by atoms with van der Waals surface area (Å²) in [5, 5.41) is 10.4. The Hall–Kier alpha value is -3.06. The van der Waals surface area contributed by atoms with Gasteiger partial charge >= 0.3 is 5.97 Å². The summed E-state index contributed by atoms with van der Waals surface area (Å²) in [6.07, 6.45) is 1.88. The van der Waals surface area contributed by atoms with Crippen LogP contribution in [0.25, 0.3) is 10.1 Å². The quantitative estimate of drug-likeness (QED) is 0.573. The molecule has 0 bridgehead atoms.